The Bertz CT molecular complexity index is 875. The zero-order valence-corrected chi connectivity index (χ0v) is 13.7. The highest BCUT2D eigenvalue weighted by atomic mass is 35.5. The van der Waals surface area contributed by atoms with Crippen LogP contribution in [0.4, 0.5) is 11.4 Å². The summed E-state index contributed by atoms with van der Waals surface area (Å²) in [4.78, 5) is 19.1. The highest BCUT2D eigenvalue weighted by Crippen LogP contribution is 2.37. The molecule has 0 saturated carbocycles. The van der Waals surface area contributed by atoms with E-state index in [-0.39, 0.29) is 11.1 Å². The van der Waals surface area contributed by atoms with Gasteiger partial charge in [-0.3, -0.25) is 9.69 Å². The third-order valence-electron chi connectivity index (χ3n) is 4.32. The quantitative estimate of drug-likeness (QED) is 0.598. The molecule has 1 amide bonds. The number of rotatable bonds is 1. The molecule has 1 aliphatic rings. The van der Waals surface area contributed by atoms with Crippen molar-refractivity contribution in [2.24, 2.45) is 0 Å². The molecule has 0 bridgehead atoms. The first-order valence-electron chi connectivity index (χ1n) is 7.86. The van der Waals surface area contributed by atoms with Gasteiger partial charge in [-0.2, -0.15) is 0 Å². The number of hydrogen-bond acceptors (Lipinski definition) is 2. The largest absolute Gasteiger partial charge is 0.276 e. The maximum absolute atomic E-state index is 13.3. The number of halogens is 1. The number of hydrogen-bond donors (Lipinski definition) is 0. The Morgan fingerprint density at radius 1 is 0.875 bits per heavy atom. The van der Waals surface area contributed by atoms with E-state index < -0.39 is 0 Å². The fraction of sp³-hybridized carbons (Fsp3) is 0.100. The van der Waals surface area contributed by atoms with Crippen LogP contribution in [0, 0.1) is 0 Å². The Labute approximate surface area is 145 Å². The first-order valence-corrected chi connectivity index (χ1v) is 8.24. The van der Waals surface area contributed by atoms with Crippen molar-refractivity contribution < 1.29 is 4.79 Å². The van der Waals surface area contributed by atoms with Gasteiger partial charge in [0, 0.05) is 6.20 Å². The molecule has 0 spiro atoms. The Kier molecular flexibility index (Phi) is 3.79. The van der Waals surface area contributed by atoms with Crippen molar-refractivity contribution in [2.45, 2.75) is 12.8 Å². The van der Waals surface area contributed by atoms with Gasteiger partial charge in [0.25, 0.3) is 5.91 Å². The molecule has 3 nitrogen and oxygen atoms in total. The lowest BCUT2D eigenvalue weighted by atomic mass is 10.0. The number of pyridine rings is 1. The van der Waals surface area contributed by atoms with Crippen LogP contribution >= 0.6 is 11.6 Å². The van der Waals surface area contributed by atoms with Crippen LogP contribution in [-0.4, -0.2) is 10.9 Å². The van der Waals surface area contributed by atoms with E-state index in [0.29, 0.717) is 5.56 Å². The second-order valence-corrected chi connectivity index (χ2v) is 6.10. The maximum atomic E-state index is 13.3. The van der Waals surface area contributed by atoms with E-state index in [2.05, 4.69) is 17.1 Å². The average Bonchev–Trinajstić information content (AvgIpc) is 2.78. The molecule has 3 aromatic rings. The van der Waals surface area contributed by atoms with E-state index in [1.807, 2.05) is 36.4 Å². The number of aromatic nitrogens is 1. The van der Waals surface area contributed by atoms with Crippen molar-refractivity contribution in [3.8, 4) is 0 Å². The first kappa shape index (κ1) is 14.9. The molecule has 4 rings (SSSR count). The Morgan fingerprint density at radius 2 is 1.46 bits per heavy atom. The summed E-state index contributed by atoms with van der Waals surface area (Å²) in [6.45, 7) is 0. The minimum absolute atomic E-state index is 0.157. The number of fused-ring (bicyclic) bond motifs is 2. The first-order chi connectivity index (χ1) is 11.8. The van der Waals surface area contributed by atoms with Gasteiger partial charge < -0.3 is 0 Å². The number of nitrogens with zero attached hydrogens (tertiary/aromatic N) is 2. The zero-order valence-electron chi connectivity index (χ0n) is 12.9. The number of carbonyl (C=O) groups is 1. The molecule has 118 valence electrons. The van der Waals surface area contributed by atoms with Crippen molar-refractivity contribution in [2.75, 3.05) is 4.90 Å². The molecule has 0 radical (unpaired) electrons. The minimum Gasteiger partial charge on any atom is -0.276 e. The molecule has 0 saturated heterocycles. The van der Waals surface area contributed by atoms with Crippen LogP contribution < -0.4 is 4.90 Å². The average molecular weight is 335 g/mol. The SMILES string of the molecule is O=C(c1cccnc1Cl)N1c2ccccc2CCc2ccccc21. The Morgan fingerprint density at radius 3 is 2.04 bits per heavy atom. The van der Waals surface area contributed by atoms with Crippen LogP contribution in [0.2, 0.25) is 5.15 Å². The fourth-order valence-electron chi connectivity index (χ4n) is 3.16. The van der Waals surface area contributed by atoms with Crippen LogP contribution in [-0.2, 0) is 12.8 Å². The normalized spacial score (nSPS) is 13.0. The summed E-state index contributed by atoms with van der Waals surface area (Å²) in [5, 5.41) is 0.224. The van der Waals surface area contributed by atoms with Crippen LogP contribution in [0.3, 0.4) is 0 Å². The predicted molar refractivity (Wildman–Crippen MR) is 96.0 cm³/mol. The maximum Gasteiger partial charge on any atom is 0.265 e. The van der Waals surface area contributed by atoms with Crippen molar-refractivity contribution in [3.63, 3.8) is 0 Å². The van der Waals surface area contributed by atoms with Crippen molar-refractivity contribution >= 4 is 28.9 Å². The second-order valence-electron chi connectivity index (χ2n) is 5.74. The predicted octanol–water partition coefficient (Wildman–Crippen LogP) is 4.81. The Balaban J connectivity index is 1.93. The molecular formula is C20H15ClN2O. The van der Waals surface area contributed by atoms with Crippen LogP contribution in [0.15, 0.2) is 66.9 Å². The summed E-state index contributed by atoms with van der Waals surface area (Å²) < 4.78 is 0. The number of benzene rings is 2. The number of aryl methyl sites for hydroxylation is 2. The molecule has 0 fully saturated rings. The molecule has 24 heavy (non-hydrogen) atoms. The molecule has 2 aromatic carbocycles. The van der Waals surface area contributed by atoms with E-state index in [1.54, 1.807) is 23.2 Å². The molecule has 1 aromatic heterocycles. The molecule has 0 aliphatic carbocycles. The minimum atomic E-state index is -0.157. The monoisotopic (exact) mass is 334 g/mol. The lowest BCUT2D eigenvalue weighted by molar-refractivity contribution is 0.0999. The summed E-state index contributed by atoms with van der Waals surface area (Å²) in [5.41, 5.74) is 4.54. The van der Waals surface area contributed by atoms with E-state index >= 15 is 0 Å². The van der Waals surface area contributed by atoms with Gasteiger partial charge in [-0.15, -0.1) is 0 Å². The summed E-state index contributed by atoms with van der Waals surface area (Å²) in [7, 11) is 0. The van der Waals surface area contributed by atoms with Gasteiger partial charge in [0.15, 0.2) is 0 Å². The van der Waals surface area contributed by atoms with Gasteiger partial charge in [0.2, 0.25) is 0 Å². The van der Waals surface area contributed by atoms with Gasteiger partial charge in [-0.05, 0) is 48.2 Å². The lowest BCUT2D eigenvalue weighted by Gasteiger charge is -2.25. The third kappa shape index (κ3) is 2.47. The van der Waals surface area contributed by atoms with Crippen molar-refractivity contribution in [3.05, 3.63) is 88.7 Å². The van der Waals surface area contributed by atoms with Gasteiger partial charge in [0.05, 0.1) is 16.9 Å². The summed E-state index contributed by atoms with van der Waals surface area (Å²) in [5.74, 6) is -0.157. The molecule has 4 heteroatoms. The summed E-state index contributed by atoms with van der Waals surface area (Å²) in [6.07, 6.45) is 3.39. The van der Waals surface area contributed by atoms with Gasteiger partial charge in [0.1, 0.15) is 5.15 Å². The van der Waals surface area contributed by atoms with E-state index in [0.717, 1.165) is 35.3 Å². The zero-order chi connectivity index (χ0) is 16.5. The number of amides is 1. The lowest BCUT2D eigenvalue weighted by Crippen LogP contribution is -2.27. The fourth-order valence-corrected chi connectivity index (χ4v) is 3.36. The van der Waals surface area contributed by atoms with E-state index in [4.69, 9.17) is 11.6 Å². The molecule has 0 N–H and O–H groups in total. The third-order valence-corrected chi connectivity index (χ3v) is 4.62. The van der Waals surface area contributed by atoms with E-state index in [9.17, 15) is 4.79 Å². The van der Waals surface area contributed by atoms with Crippen molar-refractivity contribution in [1.29, 1.82) is 0 Å². The van der Waals surface area contributed by atoms with E-state index in [1.165, 1.54) is 0 Å². The Hall–Kier alpha value is -2.65. The van der Waals surface area contributed by atoms with Gasteiger partial charge in [-0.25, -0.2) is 4.98 Å². The highest BCUT2D eigenvalue weighted by molar-refractivity contribution is 6.33. The molecular weight excluding hydrogens is 320 g/mol. The number of para-hydroxylation sites is 2. The van der Waals surface area contributed by atoms with Crippen LogP contribution in [0.1, 0.15) is 21.5 Å². The smallest absolute Gasteiger partial charge is 0.265 e. The van der Waals surface area contributed by atoms with Gasteiger partial charge in [-0.1, -0.05) is 48.0 Å². The van der Waals surface area contributed by atoms with Crippen LogP contribution in [0.25, 0.3) is 0 Å². The molecule has 0 atom stereocenters. The molecule has 2 heterocycles. The second kappa shape index (κ2) is 6.10. The summed E-state index contributed by atoms with van der Waals surface area (Å²) >= 11 is 6.17. The van der Waals surface area contributed by atoms with Crippen LogP contribution in [0.5, 0.6) is 0 Å². The van der Waals surface area contributed by atoms with Gasteiger partial charge >= 0.3 is 0 Å². The highest BCUT2D eigenvalue weighted by Gasteiger charge is 2.27. The topological polar surface area (TPSA) is 33.2 Å². The van der Waals surface area contributed by atoms with Crippen molar-refractivity contribution in [1.82, 2.24) is 4.98 Å². The summed E-state index contributed by atoms with van der Waals surface area (Å²) in [6, 6.07) is 19.5. The number of anilines is 2. The molecule has 0 unspecified atom stereocenters. The number of carbonyl (C=O) groups excluding carboxylic acids is 1. The molecule has 1 aliphatic heterocycles. The standard InChI is InChI=1S/C20H15ClN2O/c21-19-16(8-5-13-22-19)20(24)23-17-9-3-1-6-14(17)11-12-15-7-2-4-10-18(15)23/h1-10,13H,11-12H2.